The predicted octanol–water partition coefficient (Wildman–Crippen LogP) is 3.63. The van der Waals surface area contributed by atoms with E-state index in [2.05, 4.69) is 33.6 Å². The molecule has 0 atom stereocenters. The Balaban J connectivity index is 1.58. The maximum absolute atomic E-state index is 12.2. The van der Waals surface area contributed by atoms with Gasteiger partial charge in [-0.05, 0) is 37.0 Å². The van der Waals surface area contributed by atoms with Crippen molar-refractivity contribution < 1.29 is 4.79 Å². The van der Waals surface area contributed by atoms with Gasteiger partial charge in [-0.25, -0.2) is 0 Å². The third-order valence-corrected chi connectivity index (χ3v) is 4.94. The maximum atomic E-state index is 12.2. The molecule has 126 valence electrons. The van der Waals surface area contributed by atoms with Crippen LogP contribution in [-0.4, -0.2) is 26.4 Å². The molecule has 0 bridgehead atoms. The van der Waals surface area contributed by atoms with E-state index in [1.165, 1.54) is 30.2 Å². The zero-order chi connectivity index (χ0) is 16.9. The summed E-state index contributed by atoms with van der Waals surface area (Å²) in [5.41, 5.74) is 2.08. The van der Waals surface area contributed by atoms with Crippen LogP contribution in [0.4, 0.5) is 5.69 Å². The second kappa shape index (κ2) is 7.66. The number of amides is 1. The molecule has 1 aliphatic rings. The maximum Gasteiger partial charge on any atom is 0.234 e. The number of thioether (sulfide) groups is 1. The number of anilines is 1. The molecule has 1 aromatic carbocycles. The van der Waals surface area contributed by atoms with E-state index in [1.807, 2.05) is 30.3 Å². The lowest BCUT2D eigenvalue weighted by Crippen LogP contribution is -2.14. The molecule has 1 aromatic heterocycles. The molecule has 1 fully saturated rings. The molecule has 1 N–H and O–H groups in total. The van der Waals surface area contributed by atoms with Crippen molar-refractivity contribution in [2.45, 2.75) is 43.8 Å². The first kappa shape index (κ1) is 16.8. The van der Waals surface area contributed by atoms with Crippen molar-refractivity contribution in [3.8, 4) is 0 Å². The van der Waals surface area contributed by atoms with Crippen LogP contribution in [-0.2, 0) is 17.8 Å². The molecule has 6 heteroatoms. The fourth-order valence-electron chi connectivity index (χ4n) is 2.50. The molecule has 24 heavy (non-hydrogen) atoms. The summed E-state index contributed by atoms with van der Waals surface area (Å²) in [4.78, 5) is 12.2. The molecule has 1 heterocycles. The number of rotatable bonds is 8. The minimum absolute atomic E-state index is 0.0367. The normalized spacial score (nSPS) is 13.7. The molecule has 0 aliphatic heterocycles. The Morgan fingerprint density at radius 2 is 2.12 bits per heavy atom. The number of nitrogens with one attached hydrogen (secondary N) is 1. The molecule has 3 rings (SSSR count). The van der Waals surface area contributed by atoms with Crippen LogP contribution in [0.5, 0.6) is 0 Å². The minimum Gasteiger partial charge on any atom is -0.325 e. The number of carbonyl (C=O) groups excluding carboxylic acids is 1. The third-order valence-electron chi connectivity index (χ3n) is 3.98. The highest BCUT2D eigenvalue weighted by atomic mass is 32.2. The van der Waals surface area contributed by atoms with E-state index in [0.29, 0.717) is 18.2 Å². The first-order chi connectivity index (χ1) is 11.7. The van der Waals surface area contributed by atoms with Crippen LogP contribution in [0.3, 0.4) is 0 Å². The second-order valence-electron chi connectivity index (χ2n) is 5.90. The molecule has 1 aliphatic carbocycles. The second-order valence-corrected chi connectivity index (χ2v) is 6.84. The number of hydrogen-bond acceptors (Lipinski definition) is 4. The van der Waals surface area contributed by atoms with Gasteiger partial charge >= 0.3 is 0 Å². The molecule has 0 saturated heterocycles. The van der Waals surface area contributed by atoms with Crippen LogP contribution in [0, 0.1) is 0 Å². The van der Waals surface area contributed by atoms with E-state index < -0.39 is 0 Å². The zero-order valence-electron chi connectivity index (χ0n) is 13.9. The van der Waals surface area contributed by atoms with Crippen molar-refractivity contribution in [1.82, 2.24) is 14.8 Å². The monoisotopic (exact) mass is 342 g/mol. The Morgan fingerprint density at radius 1 is 1.38 bits per heavy atom. The van der Waals surface area contributed by atoms with E-state index in [9.17, 15) is 4.79 Å². The Morgan fingerprint density at radius 3 is 2.75 bits per heavy atom. The quantitative estimate of drug-likeness (QED) is 0.588. The van der Waals surface area contributed by atoms with Gasteiger partial charge in [0.05, 0.1) is 5.75 Å². The molecule has 5 nitrogen and oxygen atoms in total. The molecule has 0 unspecified atom stereocenters. The number of aromatic nitrogens is 3. The number of benzene rings is 1. The standard InChI is InChI=1S/C18H22N4OS/c1-3-11-22-17(14-7-8-14)20-21-18(22)24-12-16(23)19-15-9-5-13(4-2)6-10-15/h3,5-6,9-10,14H,1,4,7-8,11-12H2,2H3,(H,19,23). The topological polar surface area (TPSA) is 59.8 Å². The SMILES string of the molecule is C=CCn1c(SCC(=O)Nc2ccc(CC)cc2)nnc1C1CC1. The summed E-state index contributed by atoms with van der Waals surface area (Å²) < 4.78 is 2.07. The number of carbonyl (C=O) groups is 1. The minimum atomic E-state index is -0.0367. The van der Waals surface area contributed by atoms with Gasteiger partial charge in [0.2, 0.25) is 5.91 Å². The lowest BCUT2D eigenvalue weighted by Gasteiger charge is -2.08. The van der Waals surface area contributed by atoms with Gasteiger partial charge in [0.1, 0.15) is 5.82 Å². The fraction of sp³-hybridized carbons (Fsp3) is 0.389. The molecule has 0 spiro atoms. The van der Waals surface area contributed by atoms with E-state index in [1.54, 1.807) is 0 Å². The molecular weight excluding hydrogens is 320 g/mol. The number of hydrogen-bond donors (Lipinski definition) is 1. The van der Waals surface area contributed by atoms with Crippen LogP contribution in [0.25, 0.3) is 0 Å². The van der Waals surface area contributed by atoms with Crippen molar-refractivity contribution >= 4 is 23.4 Å². The predicted molar refractivity (Wildman–Crippen MR) is 97.4 cm³/mol. The highest BCUT2D eigenvalue weighted by Gasteiger charge is 2.30. The van der Waals surface area contributed by atoms with Gasteiger partial charge < -0.3 is 9.88 Å². The largest absolute Gasteiger partial charge is 0.325 e. The number of aryl methyl sites for hydroxylation is 1. The van der Waals surface area contributed by atoms with Crippen LogP contribution >= 0.6 is 11.8 Å². The van der Waals surface area contributed by atoms with Crippen LogP contribution in [0.1, 0.15) is 37.1 Å². The van der Waals surface area contributed by atoms with E-state index >= 15 is 0 Å². The van der Waals surface area contributed by atoms with E-state index in [4.69, 9.17) is 0 Å². The Labute approximate surface area is 146 Å². The molecule has 0 radical (unpaired) electrons. The van der Waals surface area contributed by atoms with Crippen molar-refractivity contribution in [1.29, 1.82) is 0 Å². The average molecular weight is 342 g/mol. The lowest BCUT2D eigenvalue weighted by atomic mass is 10.1. The van der Waals surface area contributed by atoms with Gasteiger partial charge in [0.15, 0.2) is 5.16 Å². The molecular formula is C18H22N4OS. The summed E-state index contributed by atoms with van der Waals surface area (Å²) in [6.07, 6.45) is 5.18. The van der Waals surface area contributed by atoms with Gasteiger partial charge in [0.25, 0.3) is 0 Å². The van der Waals surface area contributed by atoms with Gasteiger partial charge in [-0.1, -0.05) is 36.9 Å². The summed E-state index contributed by atoms with van der Waals surface area (Å²) >= 11 is 1.42. The third kappa shape index (κ3) is 4.06. The summed E-state index contributed by atoms with van der Waals surface area (Å²) in [6.45, 7) is 6.59. The number of nitrogens with zero attached hydrogens (tertiary/aromatic N) is 3. The summed E-state index contributed by atoms with van der Waals surface area (Å²) in [6, 6.07) is 7.94. The van der Waals surface area contributed by atoms with Crippen LogP contribution in [0.15, 0.2) is 42.1 Å². The Bertz CT molecular complexity index is 719. The Kier molecular flexibility index (Phi) is 5.35. The van der Waals surface area contributed by atoms with Gasteiger partial charge in [-0.2, -0.15) is 0 Å². The first-order valence-electron chi connectivity index (χ1n) is 8.26. The highest BCUT2D eigenvalue weighted by molar-refractivity contribution is 7.99. The highest BCUT2D eigenvalue weighted by Crippen LogP contribution is 2.40. The summed E-state index contributed by atoms with van der Waals surface area (Å²) in [7, 11) is 0. The average Bonchev–Trinajstić information content (AvgIpc) is 3.36. The van der Waals surface area contributed by atoms with Gasteiger partial charge in [-0.3, -0.25) is 4.79 Å². The smallest absolute Gasteiger partial charge is 0.234 e. The molecule has 1 amide bonds. The summed E-state index contributed by atoms with van der Waals surface area (Å²) in [5.74, 6) is 1.83. The van der Waals surface area contributed by atoms with Crippen molar-refractivity contribution in [2.24, 2.45) is 0 Å². The fourth-order valence-corrected chi connectivity index (χ4v) is 3.26. The van der Waals surface area contributed by atoms with E-state index in [-0.39, 0.29) is 5.91 Å². The van der Waals surface area contributed by atoms with Gasteiger partial charge in [-0.15, -0.1) is 16.8 Å². The Hall–Kier alpha value is -2.08. The first-order valence-corrected chi connectivity index (χ1v) is 9.25. The van der Waals surface area contributed by atoms with Crippen LogP contribution in [0.2, 0.25) is 0 Å². The van der Waals surface area contributed by atoms with Crippen molar-refractivity contribution in [3.05, 3.63) is 48.3 Å². The number of allylic oxidation sites excluding steroid dienone is 1. The molecule has 2 aromatic rings. The van der Waals surface area contributed by atoms with Crippen molar-refractivity contribution in [3.63, 3.8) is 0 Å². The van der Waals surface area contributed by atoms with E-state index in [0.717, 1.165) is 23.1 Å². The van der Waals surface area contributed by atoms with Crippen LogP contribution < -0.4 is 5.32 Å². The van der Waals surface area contributed by atoms with Gasteiger partial charge in [0, 0.05) is 18.2 Å². The zero-order valence-corrected chi connectivity index (χ0v) is 14.7. The molecule has 1 saturated carbocycles. The lowest BCUT2D eigenvalue weighted by molar-refractivity contribution is -0.113. The van der Waals surface area contributed by atoms with Crippen molar-refractivity contribution in [2.75, 3.05) is 11.1 Å². The summed E-state index contributed by atoms with van der Waals surface area (Å²) in [5, 5.41) is 12.2.